The molecule has 1 aromatic carbocycles. The first kappa shape index (κ1) is 23.5. The van der Waals surface area contributed by atoms with Crippen molar-refractivity contribution in [3.63, 3.8) is 0 Å². The first-order chi connectivity index (χ1) is 14.7. The summed E-state index contributed by atoms with van der Waals surface area (Å²) in [5.41, 5.74) is 3.17. The van der Waals surface area contributed by atoms with Gasteiger partial charge in [-0.15, -0.1) is 0 Å². The second kappa shape index (κ2) is 9.97. The molecule has 0 bridgehead atoms. The highest BCUT2D eigenvalue weighted by Gasteiger charge is 2.29. The van der Waals surface area contributed by atoms with E-state index in [0.29, 0.717) is 30.6 Å². The molecule has 0 radical (unpaired) electrons. The second-order valence-corrected chi connectivity index (χ2v) is 10.4. The third-order valence-electron chi connectivity index (χ3n) is 5.66. The van der Waals surface area contributed by atoms with Crippen LogP contribution in [0.15, 0.2) is 47.6 Å². The molecule has 3 rings (SSSR count). The van der Waals surface area contributed by atoms with Crippen molar-refractivity contribution in [2.45, 2.75) is 57.8 Å². The van der Waals surface area contributed by atoms with Gasteiger partial charge in [0.05, 0.1) is 35.2 Å². The highest BCUT2D eigenvalue weighted by Crippen LogP contribution is 2.34. The molecule has 1 aliphatic rings. The van der Waals surface area contributed by atoms with Crippen LogP contribution in [-0.2, 0) is 21.3 Å². The number of rotatable bonds is 10. The van der Waals surface area contributed by atoms with Gasteiger partial charge in [-0.25, -0.2) is 8.42 Å². The summed E-state index contributed by atoms with van der Waals surface area (Å²) >= 11 is 0. The lowest BCUT2D eigenvalue weighted by atomic mass is 10.0. The molecule has 8 heteroatoms. The van der Waals surface area contributed by atoms with E-state index in [2.05, 4.69) is 36.0 Å². The average Bonchev–Trinajstić information content (AvgIpc) is 3.06. The van der Waals surface area contributed by atoms with E-state index in [1.807, 2.05) is 31.3 Å². The quantitative estimate of drug-likeness (QED) is 0.596. The number of nitrogens with one attached hydrogen (secondary N) is 1. The van der Waals surface area contributed by atoms with Crippen molar-refractivity contribution in [1.82, 2.24) is 9.29 Å². The zero-order valence-electron chi connectivity index (χ0n) is 19.1. The van der Waals surface area contributed by atoms with Crippen LogP contribution in [0.3, 0.4) is 0 Å². The van der Waals surface area contributed by atoms with Gasteiger partial charge in [0.1, 0.15) is 0 Å². The molecule has 0 saturated heterocycles. The van der Waals surface area contributed by atoms with Crippen molar-refractivity contribution < 1.29 is 13.2 Å². The van der Waals surface area contributed by atoms with Crippen LogP contribution in [0.5, 0.6) is 0 Å². The number of anilines is 2. The predicted octanol–water partition coefficient (Wildman–Crippen LogP) is 3.93. The fourth-order valence-corrected chi connectivity index (χ4v) is 5.28. The highest BCUT2D eigenvalue weighted by molar-refractivity contribution is 7.89. The molecule has 1 N–H and O–H groups in total. The van der Waals surface area contributed by atoms with Crippen molar-refractivity contribution in [1.29, 1.82) is 0 Å². The number of ether oxygens (including phenoxy) is 1. The number of hydrogen-bond donors (Lipinski definition) is 1. The normalized spacial score (nSPS) is 17.1. The highest BCUT2D eigenvalue weighted by atomic mass is 32.2. The minimum absolute atomic E-state index is 0.143. The summed E-state index contributed by atoms with van der Waals surface area (Å²) in [6, 6.07) is 9.00. The lowest BCUT2D eigenvalue weighted by Crippen LogP contribution is -2.41. The average molecular weight is 447 g/mol. The van der Waals surface area contributed by atoms with Gasteiger partial charge in [-0.2, -0.15) is 4.31 Å². The Labute approximate surface area is 186 Å². The summed E-state index contributed by atoms with van der Waals surface area (Å²) in [6.07, 6.45) is 4.51. The summed E-state index contributed by atoms with van der Waals surface area (Å²) in [5.74, 6) is 0.375. The third-order valence-corrected chi connectivity index (χ3v) is 7.59. The maximum atomic E-state index is 13.2. The monoisotopic (exact) mass is 446 g/mol. The van der Waals surface area contributed by atoms with Crippen LogP contribution in [0.1, 0.15) is 39.7 Å². The van der Waals surface area contributed by atoms with Crippen LogP contribution in [-0.4, -0.2) is 50.2 Å². The maximum absolute atomic E-state index is 13.2. The minimum atomic E-state index is -3.60. The van der Waals surface area contributed by atoms with Gasteiger partial charge in [0.2, 0.25) is 10.0 Å². The fourth-order valence-electron chi connectivity index (χ4n) is 3.93. The van der Waals surface area contributed by atoms with E-state index in [1.165, 1.54) is 4.31 Å². The van der Waals surface area contributed by atoms with E-state index in [0.717, 1.165) is 23.4 Å². The van der Waals surface area contributed by atoms with Crippen LogP contribution in [0.4, 0.5) is 11.4 Å². The molecule has 1 aromatic heterocycles. The minimum Gasteiger partial charge on any atom is -0.380 e. The number of benzene rings is 1. The Kier molecular flexibility index (Phi) is 7.56. The van der Waals surface area contributed by atoms with Crippen molar-refractivity contribution >= 4 is 21.4 Å². The standard InChI is InChI=1S/C23H34N4O3S/c1-6-30-16-20(13-17(2)3)26(5)31(28,29)21-9-7-19(8-10-21)15-27-18(4)25-22-14-24-12-11-23(22)27/h7-12,14,17-18,20,25H,6,13,15-16H2,1-5H3. The molecule has 7 nitrogen and oxygen atoms in total. The number of aromatic nitrogens is 1. The van der Waals surface area contributed by atoms with Gasteiger partial charge in [0, 0.05) is 32.4 Å². The van der Waals surface area contributed by atoms with Crippen LogP contribution >= 0.6 is 0 Å². The molecular formula is C23H34N4O3S. The summed E-state index contributed by atoms with van der Waals surface area (Å²) in [7, 11) is -1.95. The smallest absolute Gasteiger partial charge is 0.243 e. The molecule has 1 aliphatic heterocycles. The van der Waals surface area contributed by atoms with Gasteiger partial charge < -0.3 is 15.0 Å². The largest absolute Gasteiger partial charge is 0.380 e. The summed E-state index contributed by atoms with van der Waals surface area (Å²) in [5, 5.41) is 3.41. The van der Waals surface area contributed by atoms with Gasteiger partial charge in [-0.05, 0) is 49.9 Å². The zero-order chi connectivity index (χ0) is 22.6. The first-order valence-corrected chi connectivity index (χ1v) is 12.3. The number of pyridine rings is 1. The molecule has 2 heterocycles. The van der Waals surface area contributed by atoms with E-state index in [4.69, 9.17) is 4.74 Å². The Morgan fingerprint density at radius 1 is 1.23 bits per heavy atom. The van der Waals surface area contributed by atoms with Crippen molar-refractivity contribution in [2.24, 2.45) is 5.92 Å². The lowest BCUT2D eigenvalue weighted by molar-refractivity contribution is 0.0954. The number of nitrogens with zero attached hydrogens (tertiary/aromatic N) is 3. The lowest BCUT2D eigenvalue weighted by Gasteiger charge is -2.29. The van der Waals surface area contributed by atoms with E-state index in [1.54, 1.807) is 25.4 Å². The van der Waals surface area contributed by atoms with Gasteiger partial charge in [-0.3, -0.25) is 4.98 Å². The van der Waals surface area contributed by atoms with E-state index in [9.17, 15) is 8.42 Å². The Hall–Kier alpha value is -2.16. The SMILES string of the molecule is CCOCC(CC(C)C)N(C)S(=O)(=O)c1ccc(CN2c3ccncc3NC2C)cc1. The molecular weight excluding hydrogens is 412 g/mol. The molecule has 0 aliphatic carbocycles. The Balaban J connectivity index is 1.75. The number of hydrogen-bond acceptors (Lipinski definition) is 6. The zero-order valence-corrected chi connectivity index (χ0v) is 19.9. The van der Waals surface area contributed by atoms with Crippen LogP contribution in [0.2, 0.25) is 0 Å². The molecule has 2 aromatic rings. The van der Waals surface area contributed by atoms with Crippen molar-refractivity contribution in [3.8, 4) is 0 Å². The predicted molar refractivity (Wildman–Crippen MR) is 125 cm³/mol. The molecule has 31 heavy (non-hydrogen) atoms. The molecule has 0 fully saturated rings. The second-order valence-electron chi connectivity index (χ2n) is 8.45. The Morgan fingerprint density at radius 2 is 1.94 bits per heavy atom. The number of sulfonamides is 1. The molecule has 170 valence electrons. The van der Waals surface area contributed by atoms with Gasteiger partial charge >= 0.3 is 0 Å². The van der Waals surface area contributed by atoms with Crippen LogP contribution in [0, 0.1) is 5.92 Å². The molecule has 0 saturated carbocycles. The van der Waals surface area contributed by atoms with Crippen LogP contribution < -0.4 is 10.2 Å². The van der Waals surface area contributed by atoms with E-state index >= 15 is 0 Å². The van der Waals surface area contributed by atoms with Gasteiger partial charge in [-0.1, -0.05) is 26.0 Å². The number of likely N-dealkylation sites (N-methyl/N-ethyl adjacent to an activating group) is 1. The summed E-state index contributed by atoms with van der Waals surface area (Å²) < 4.78 is 33.5. The van der Waals surface area contributed by atoms with E-state index in [-0.39, 0.29) is 12.2 Å². The van der Waals surface area contributed by atoms with Crippen LogP contribution in [0.25, 0.3) is 0 Å². The fraction of sp³-hybridized carbons (Fsp3) is 0.522. The molecule has 2 atom stereocenters. The number of fused-ring (bicyclic) bond motifs is 1. The topological polar surface area (TPSA) is 74.8 Å². The van der Waals surface area contributed by atoms with Crippen molar-refractivity contribution in [3.05, 3.63) is 48.3 Å². The van der Waals surface area contributed by atoms with Gasteiger partial charge in [0.25, 0.3) is 0 Å². The summed E-state index contributed by atoms with van der Waals surface area (Å²) in [6.45, 7) is 9.86. The van der Waals surface area contributed by atoms with Crippen molar-refractivity contribution in [2.75, 3.05) is 30.5 Å². The third kappa shape index (κ3) is 5.37. The molecule has 2 unspecified atom stereocenters. The first-order valence-electron chi connectivity index (χ1n) is 10.9. The Morgan fingerprint density at radius 3 is 2.58 bits per heavy atom. The Bertz CT molecular complexity index is 963. The summed E-state index contributed by atoms with van der Waals surface area (Å²) in [4.78, 5) is 6.72. The molecule has 0 spiro atoms. The van der Waals surface area contributed by atoms with Gasteiger partial charge in [0.15, 0.2) is 0 Å². The molecule has 0 amide bonds. The van der Waals surface area contributed by atoms with E-state index < -0.39 is 10.0 Å². The maximum Gasteiger partial charge on any atom is 0.243 e.